The zero-order valence-corrected chi connectivity index (χ0v) is 10.5. The number of hydrogen-bond donors (Lipinski definition) is 1. The lowest BCUT2D eigenvalue weighted by Crippen LogP contribution is -1.94. The molecule has 84 valence electrons. The summed E-state index contributed by atoms with van der Waals surface area (Å²) in [6, 6.07) is 8.60. The monoisotopic (exact) mass is 232 g/mol. The molecule has 2 N–H and O–H groups in total. The molecule has 0 bridgehead atoms. The molecule has 0 saturated carbocycles. The fraction of sp³-hybridized carbons (Fsp3) is 0.308. The minimum atomic E-state index is 0.595. The van der Waals surface area contributed by atoms with E-state index < -0.39 is 0 Å². The number of rotatable bonds is 3. The Bertz CT molecular complexity index is 471. The van der Waals surface area contributed by atoms with Crippen molar-refractivity contribution >= 4 is 11.3 Å². The number of thiazole rings is 1. The highest BCUT2D eigenvalue weighted by molar-refractivity contribution is 7.11. The molecule has 0 spiro atoms. The topological polar surface area (TPSA) is 38.9 Å². The smallest absolute Gasteiger partial charge is 0.0975 e. The molecule has 0 fully saturated rings. The molecule has 1 aromatic heterocycles. The Labute approximate surface area is 100 Å². The number of aryl methyl sites for hydroxylation is 2. The fourth-order valence-electron chi connectivity index (χ4n) is 1.63. The van der Waals surface area contributed by atoms with Crippen molar-refractivity contribution in [1.82, 2.24) is 4.98 Å². The molecule has 2 nitrogen and oxygen atoms in total. The van der Waals surface area contributed by atoms with Gasteiger partial charge in [0.05, 0.1) is 10.7 Å². The molecule has 0 radical (unpaired) electrons. The van der Waals surface area contributed by atoms with Crippen LogP contribution in [0.3, 0.4) is 0 Å². The molecule has 16 heavy (non-hydrogen) atoms. The molecular weight excluding hydrogens is 216 g/mol. The quantitative estimate of drug-likeness (QED) is 0.883. The van der Waals surface area contributed by atoms with Crippen molar-refractivity contribution in [3.05, 3.63) is 51.0 Å². The minimum Gasteiger partial charge on any atom is -0.326 e. The van der Waals surface area contributed by atoms with E-state index in [1.807, 2.05) is 6.92 Å². The van der Waals surface area contributed by atoms with Gasteiger partial charge < -0.3 is 5.73 Å². The van der Waals surface area contributed by atoms with Gasteiger partial charge in [0, 0.05) is 17.8 Å². The van der Waals surface area contributed by atoms with Crippen LogP contribution in [-0.4, -0.2) is 4.98 Å². The first-order chi connectivity index (χ1) is 7.69. The maximum Gasteiger partial charge on any atom is 0.0975 e. The third kappa shape index (κ3) is 2.49. The van der Waals surface area contributed by atoms with Gasteiger partial charge in [-0.15, -0.1) is 11.3 Å². The fourth-order valence-corrected chi connectivity index (χ4v) is 2.62. The Hall–Kier alpha value is -1.19. The Morgan fingerprint density at radius 1 is 1.19 bits per heavy atom. The number of aromatic nitrogens is 1. The number of nitrogens with zero attached hydrogens (tertiary/aromatic N) is 1. The van der Waals surface area contributed by atoms with Crippen molar-refractivity contribution in [3.8, 4) is 0 Å². The minimum absolute atomic E-state index is 0.595. The molecule has 0 aliphatic heterocycles. The third-order valence-corrected chi connectivity index (χ3v) is 3.78. The summed E-state index contributed by atoms with van der Waals surface area (Å²) in [4.78, 5) is 5.73. The molecule has 0 unspecified atom stereocenters. The van der Waals surface area contributed by atoms with Gasteiger partial charge in [0.1, 0.15) is 0 Å². The number of hydrogen-bond acceptors (Lipinski definition) is 3. The van der Waals surface area contributed by atoms with Crippen LogP contribution in [0.5, 0.6) is 0 Å². The zero-order chi connectivity index (χ0) is 11.5. The third-order valence-electron chi connectivity index (χ3n) is 2.60. The second kappa shape index (κ2) is 4.76. The van der Waals surface area contributed by atoms with E-state index in [0.29, 0.717) is 6.54 Å². The van der Waals surface area contributed by atoms with E-state index in [0.717, 1.165) is 17.1 Å². The molecule has 0 atom stereocenters. The van der Waals surface area contributed by atoms with Crippen molar-refractivity contribution < 1.29 is 0 Å². The van der Waals surface area contributed by atoms with E-state index in [2.05, 4.69) is 36.2 Å². The van der Waals surface area contributed by atoms with Crippen LogP contribution >= 0.6 is 11.3 Å². The van der Waals surface area contributed by atoms with E-state index >= 15 is 0 Å². The lowest BCUT2D eigenvalue weighted by Gasteiger charge is -1.98. The lowest BCUT2D eigenvalue weighted by molar-refractivity contribution is 1.04. The van der Waals surface area contributed by atoms with Crippen LogP contribution in [0.15, 0.2) is 24.3 Å². The van der Waals surface area contributed by atoms with Crippen LogP contribution < -0.4 is 5.73 Å². The molecule has 0 aliphatic rings. The summed E-state index contributed by atoms with van der Waals surface area (Å²) in [5, 5.41) is 1.15. The van der Waals surface area contributed by atoms with Gasteiger partial charge in [0.25, 0.3) is 0 Å². The number of nitrogens with two attached hydrogens (primary N) is 1. The highest BCUT2D eigenvalue weighted by atomic mass is 32.1. The summed E-state index contributed by atoms with van der Waals surface area (Å²) in [5.74, 6) is 0. The van der Waals surface area contributed by atoms with Crippen LogP contribution in [0.25, 0.3) is 0 Å². The maximum absolute atomic E-state index is 5.65. The standard InChI is InChI=1S/C13H16N2S/c1-9-3-5-11(6-4-9)7-13-15-10(2)12(8-14)16-13/h3-6H,7-8,14H2,1-2H3. The van der Waals surface area contributed by atoms with Gasteiger partial charge in [-0.2, -0.15) is 0 Å². The molecule has 0 aliphatic carbocycles. The van der Waals surface area contributed by atoms with Crippen LogP contribution in [0.1, 0.15) is 26.7 Å². The average molecular weight is 232 g/mol. The van der Waals surface area contributed by atoms with Gasteiger partial charge in [-0.05, 0) is 19.4 Å². The highest BCUT2D eigenvalue weighted by Gasteiger charge is 2.06. The first kappa shape index (κ1) is 11.3. The molecule has 0 saturated heterocycles. The van der Waals surface area contributed by atoms with Crippen molar-refractivity contribution in [2.45, 2.75) is 26.8 Å². The average Bonchev–Trinajstić information content (AvgIpc) is 2.62. The SMILES string of the molecule is Cc1ccc(Cc2nc(C)c(CN)s2)cc1. The Morgan fingerprint density at radius 2 is 1.88 bits per heavy atom. The van der Waals surface area contributed by atoms with Gasteiger partial charge in [-0.3, -0.25) is 0 Å². The summed E-state index contributed by atoms with van der Waals surface area (Å²) in [7, 11) is 0. The van der Waals surface area contributed by atoms with Gasteiger partial charge in [-0.1, -0.05) is 29.8 Å². The summed E-state index contributed by atoms with van der Waals surface area (Å²) < 4.78 is 0. The second-order valence-corrected chi connectivity index (χ2v) is 5.15. The molecular formula is C13H16N2S. The van der Waals surface area contributed by atoms with E-state index in [1.54, 1.807) is 11.3 Å². The van der Waals surface area contributed by atoms with Crippen LogP contribution in [0.4, 0.5) is 0 Å². The van der Waals surface area contributed by atoms with Crippen LogP contribution in [0.2, 0.25) is 0 Å². The summed E-state index contributed by atoms with van der Waals surface area (Å²) in [6.45, 7) is 4.72. The van der Waals surface area contributed by atoms with E-state index in [1.165, 1.54) is 16.0 Å². The Balaban J connectivity index is 2.17. The normalized spacial score (nSPS) is 10.7. The Kier molecular flexibility index (Phi) is 3.36. The van der Waals surface area contributed by atoms with Crippen molar-refractivity contribution in [3.63, 3.8) is 0 Å². The molecule has 2 aromatic rings. The first-order valence-corrected chi connectivity index (χ1v) is 6.21. The van der Waals surface area contributed by atoms with Crippen molar-refractivity contribution in [2.75, 3.05) is 0 Å². The molecule has 0 amide bonds. The summed E-state index contributed by atoms with van der Waals surface area (Å²) in [5.41, 5.74) is 9.33. The molecule has 3 heteroatoms. The largest absolute Gasteiger partial charge is 0.326 e. The predicted octanol–water partition coefficient (Wildman–Crippen LogP) is 2.81. The van der Waals surface area contributed by atoms with Crippen LogP contribution in [-0.2, 0) is 13.0 Å². The number of benzene rings is 1. The molecule has 1 aromatic carbocycles. The van der Waals surface area contributed by atoms with Crippen molar-refractivity contribution in [2.24, 2.45) is 5.73 Å². The maximum atomic E-state index is 5.65. The van der Waals surface area contributed by atoms with Crippen LogP contribution in [0, 0.1) is 13.8 Å². The highest BCUT2D eigenvalue weighted by Crippen LogP contribution is 2.20. The second-order valence-electron chi connectivity index (χ2n) is 3.98. The van der Waals surface area contributed by atoms with E-state index in [4.69, 9.17) is 5.73 Å². The predicted molar refractivity (Wildman–Crippen MR) is 68.7 cm³/mol. The van der Waals surface area contributed by atoms with Gasteiger partial charge in [-0.25, -0.2) is 4.98 Å². The van der Waals surface area contributed by atoms with E-state index in [9.17, 15) is 0 Å². The van der Waals surface area contributed by atoms with Gasteiger partial charge >= 0.3 is 0 Å². The Morgan fingerprint density at radius 3 is 2.44 bits per heavy atom. The lowest BCUT2D eigenvalue weighted by atomic mass is 10.1. The van der Waals surface area contributed by atoms with Gasteiger partial charge in [0.2, 0.25) is 0 Å². The summed E-state index contributed by atoms with van der Waals surface area (Å²) in [6.07, 6.45) is 0.909. The molecule has 2 rings (SSSR count). The van der Waals surface area contributed by atoms with Gasteiger partial charge in [0.15, 0.2) is 0 Å². The first-order valence-electron chi connectivity index (χ1n) is 5.40. The van der Waals surface area contributed by atoms with Crippen molar-refractivity contribution in [1.29, 1.82) is 0 Å². The molecule has 1 heterocycles. The zero-order valence-electron chi connectivity index (χ0n) is 9.66. The van der Waals surface area contributed by atoms with E-state index in [-0.39, 0.29) is 0 Å². The summed E-state index contributed by atoms with van der Waals surface area (Å²) >= 11 is 1.72.